The molecule has 0 aliphatic carbocycles. The van der Waals surface area contributed by atoms with Gasteiger partial charge in [0.25, 0.3) is 0 Å². The van der Waals surface area contributed by atoms with Gasteiger partial charge in [-0.15, -0.1) is 0 Å². The molecule has 2 nitrogen and oxygen atoms in total. The highest BCUT2D eigenvalue weighted by molar-refractivity contribution is 5.54. The van der Waals surface area contributed by atoms with Crippen molar-refractivity contribution in [2.75, 3.05) is 13.2 Å². The van der Waals surface area contributed by atoms with E-state index in [1.165, 1.54) is 11.1 Å². The van der Waals surface area contributed by atoms with Crippen LogP contribution in [0.1, 0.15) is 39.7 Å². The van der Waals surface area contributed by atoms with E-state index < -0.39 is 0 Å². The molecule has 100 valence electrons. The van der Waals surface area contributed by atoms with Crippen molar-refractivity contribution >= 4 is 6.08 Å². The summed E-state index contributed by atoms with van der Waals surface area (Å²) in [4.78, 5) is 0. The summed E-state index contributed by atoms with van der Waals surface area (Å²) in [6.45, 7) is 10.3. The largest absolute Gasteiger partial charge is 0.494 e. The molecule has 1 rings (SSSR count). The van der Waals surface area contributed by atoms with Crippen LogP contribution in [0.3, 0.4) is 0 Å². The predicted molar refractivity (Wildman–Crippen MR) is 79.0 cm³/mol. The molecule has 0 spiro atoms. The van der Waals surface area contributed by atoms with Crippen molar-refractivity contribution in [2.24, 2.45) is 0 Å². The summed E-state index contributed by atoms with van der Waals surface area (Å²) in [7, 11) is 0. The van der Waals surface area contributed by atoms with E-state index in [1.807, 2.05) is 12.1 Å². The zero-order chi connectivity index (χ0) is 13.4. The highest BCUT2D eigenvalue weighted by atomic mass is 16.5. The first-order valence-electron chi connectivity index (χ1n) is 6.75. The third-order valence-electron chi connectivity index (χ3n) is 2.53. The molecule has 1 aromatic carbocycles. The second-order valence-electron chi connectivity index (χ2n) is 4.95. The fourth-order valence-electron chi connectivity index (χ4n) is 1.61. The molecular formula is C16H25NO. The maximum absolute atomic E-state index is 5.63. The fraction of sp³-hybridized carbons (Fsp3) is 0.500. The Bertz CT molecular complexity index is 382. The lowest BCUT2D eigenvalue weighted by Gasteiger charge is -2.09. The van der Waals surface area contributed by atoms with Gasteiger partial charge in [0.05, 0.1) is 6.61 Å². The number of nitrogens with one attached hydrogen (secondary N) is 1. The quantitative estimate of drug-likeness (QED) is 0.789. The van der Waals surface area contributed by atoms with Crippen molar-refractivity contribution in [3.63, 3.8) is 0 Å². The van der Waals surface area contributed by atoms with Crippen LogP contribution in [-0.2, 0) is 0 Å². The van der Waals surface area contributed by atoms with Crippen molar-refractivity contribution in [3.8, 4) is 5.75 Å². The van der Waals surface area contributed by atoms with Gasteiger partial charge >= 0.3 is 0 Å². The number of benzene rings is 1. The Hall–Kier alpha value is -1.28. The maximum Gasteiger partial charge on any atom is 0.119 e. The molecule has 0 saturated carbocycles. The van der Waals surface area contributed by atoms with Gasteiger partial charge in [-0.3, -0.25) is 0 Å². The summed E-state index contributed by atoms with van der Waals surface area (Å²) in [5, 5.41) is 3.41. The van der Waals surface area contributed by atoms with E-state index in [0.29, 0.717) is 6.04 Å². The highest BCUT2D eigenvalue weighted by Crippen LogP contribution is 2.16. The molecule has 0 heterocycles. The molecule has 0 unspecified atom stereocenters. The molecule has 0 aliphatic rings. The van der Waals surface area contributed by atoms with E-state index in [0.717, 1.165) is 25.3 Å². The zero-order valence-electron chi connectivity index (χ0n) is 12.0. The molecule has 0 bridgehead atoms. The normalized spacial score (nSPS) is 11.9. The van der Waals surface area contributed by atoms with E-state index in [2.05, 4.69) is 51.2 Å². The predicted octanol–water partition coefficient (Wildman–Crippen LogP) is 3.88. The summed E-state index contributed by atoms with van der Waals surface area (Å²) in [5.74, 6) is 0.954. The lowest BCUT2D eigenvalue weighted by molar-refractivity contribution is 0.317. The van der Waals surface area contributed by atoms with Crippen LogP contribution in [-0.4, -0.2) is 19.2 Å². The molecule has 0 radical (unpaired) electrons. The van der Waals surface area contributed by atoms with E-state index >= 15 is 0 Å². The first-order valence-corrected chi connectivity index (χ1v) is 6.75. The van der Waals surface area contributed by atoms with E-state index in [4.69, 9.17) is 4.74 Å². The maximum atomic E-state index is 5.63. The first-order chi connectivity index (χ1) is 8.61. The molecular weight excluding hydrogens is 222 g/mol. The van der Waals surface area contributed by atoms with Crippen LogP contribution in [0.2, 0.25) is 0 Å². The smallest absolute Gasteiger partial charge is 0.119 e. The summed E-state index contributed by atoms with van der Waals surface area (Å²) in [6, 6.07) is 8.77. The molecule has 0 atom stereocenters. The van der Waals surface area contributed by atoms with Gasteiger partial charge in [-0.05, 0) is 31.0 Å². The Morgan fingerprint density at radius 3 is 2.83 bits per heavy atom. The Labute approximate surface area is 111 Å². The minimum atomic E-state index is 0.521. The first kappa shape index (κ1) is 14.8. The standard InChI is InChI=1S/C16H25NO/c1-5-9-18-16-8-6-7-15(11-16)10-14(4)12-17-13(2)3/h6-8,10-11,13,17H,5,9,12H2,1-4H3. The molecule has 0 saturated heterocycles. The van der Waals surface area contributed by atoms with Gasteiger partial charge in [-0.2, -0.15) is 0 Å². The summed E-state index contributed by atoms with van der Waals surface area (Å²) in [6.07, 6.45) is 3.24. The average Bonchev–Trinajstić information content (AvgIpc) is 2.34. The van der Waals surface area contributed by atoms with Crippen molar-refractivity contribution in [2.45, 2.75) is 40.2 Å². The molecule has 0 aliphatic heterocycles. The Kier molecular flexibility index (Phi) is 6.51. The van der Waals surface area contributed by atoms with Gasteiger partial charge < -0.3 is 10.1 Å². The fourth-order valence-corrected chi connectivity index (χ4v) is 1.61. The lowest BCUT2D eigenvalue weighted by Crippen LogP contribution is -2.24. The van der Waals surface area contributed by atoms with E-state index in [-0.39, 0.29) is 0 Å². The Morgan fingerprint density at radius 2 is 2.17 bits per heavy atom. The molecule has 2 heteroatoms. The average molecular weight is 247 g/mol. The molecule has 0 amide bonds. The number of hydrogen-bond donors (Lipinski definition) is 1. The number of hydrogen-bond acceptors (Lipinski definition) is 2. The second-order valence-corrected chi connectivity index (χ2v) is 4.95. The third kappa shape index (κ3) is 5.87. The van der Waals surface area contributed by atoms with E-state index in [1.54, 1.807) is 0 Å². The van der Waals surface area contributed by atoms with Crippen molar-refractivity contribution in [3.05, 3.63) is 35.4 Å². The Balaban J connectivity index is 2.62. The van der Waals surface area contributed by atoms with Crippen LogP contribution in [0.25, 0.3) is 6.08 Å². The third-order valence-corrected chi connectivity index (χ3v) is 2.53. The summed E-state index contributed by atoms with van der Waals surface area (Å²) in [5.41, 5.74) is 2.53. The molecule has 0 fully saturated rings. The van der Waals surface area contributed by atoms with Crippen LogP contribution >= 0.6 is 0 Å². The van der Waals surface area contributed by atoms with Crippen LogP contribution in [0.4, 0.5) is 0 Å². The Morgan fingerprint density at radius 1 is 1.39 bits per heavy atom. The molecule has 0 aromatic heterocycles. The molecule has 1 N–H and O–H groups in total. The van der Waals surface area contributed by atoms with Crippen molar-refractivity contribution < 1.29 is 4.74 Å². The van der Waals surface area contributed by atoms with Crippen molar-refractivity contribution in [1.29, 1.82) is 0 Å². The van der Waals surface area contributed by atoms with Gasteiger partial charge in [0.1, 0.15) is 5.75 Å². The van der Waals surface area contributed by atoms with Crippen LogP contribution in [0, 0.1) is 0 Å². The monoisotopic (exact) mass is 247 g/mol. The van der Waals surface area contributed by atoms with Crippen LogP contribution in [0.15, 0.2) is 29.8 Å². The lowest BCUT2D eigenvalue weighted by atomic mass is 10.1. The summed E-state index contributed by atoms with van der Waals surface area (Å²) >= 11 is 0. The van der Waals surface area contributed by atoms with Crippen molar-refractivity contribution in [1.82, 2.24) is 5.32 Å². The van der Waals surface area contributed by atoms with E-state index in [9.17, 15) is 0 Å². The minimum absolute atomic E-state index is 0.521. The zero-order valence-corrected chi connectivity index (χ0v) is 12.0. The van der Waals surface area contributed by atoms with Gasteiger partial charge in [0.2, 0.25) is 0 Å². The summed E-state index contributed by atoms with van der Waals surface area (Å²) < 4.78 is 5.63. The number of ether oxygens (including phenoxy) is 1. The number of rotatable bonds is 7. The van der Waals surface area contributed by atoms with Crippen LogP contribution in [0.5, 0.6) is 5.75 Å². The topological polar surface area (TPSA) is 21.3 Å². The highest BCUT2D eigenvalue weighted by Gasteiger charge is 1.97. The molecule has 1 aromatic rings. The molecule has 18 heavy (non-hydrogen) atoms. The van der Waals surface area contributed by atoms with Crippen LogP contribution < -0.4 is 10.1 Å². The SMILES string of the molecule is CCCOc1cccc(C=C(C)CNC(C)C)c1. The van der Waals surface area contributed by atoms with Gasteiger partial charge in [-0.1, -0.05) is 44.6 Å². The minimum Gasteiger partial charge on any atom is -0.494 e. The van der Waals surface area contributed by atoms with Gasteiger partial charge in [-0.25, -0.2) is 0 Å². The van der Waals surface area contributed by atoms with Gasteiger partial charge in [0.15, 0.2) is 0 Å². The van der Waals surface area contributed by atoms with Gasteiger partial charge in [0, 0.05) is 12.6 Å². The second kappa shape index (κ2) is 7.93.